The van der Waals surface area contributed by atoms with Gasteiger partial charge in [-0.3, -0.25) is 14.4 Å². The highest BCUT2D eigenvalue weighted by Crippen LogP contribution is 2.32. The number of methoxy groups -OCH3 is 1. The fourth-order valence-corrected chi connectivity index (χ4v) is 6.36. The van der Waals surface area contributed by atoms with Crippen molar-refractivity contribution < 1.29 is 76.4 Å². The summed E-state index contributed by atoms with van der Waals surface area (Å²) in [5, 5.41) is 26.1. The summed E-state index contributed by atoms with van der Waals surface area (Å²) >= 11 is 0. The number of halogens is 1. The van der Waals surface area contributed by atoms with E-state index in [2.05, 4.69) is 28.7 Å². The summed E-state index contributed by atoms with van der Waals surface area (Å²) < 4.78 is 64.6. The molecule has 2 fully saturated rings. The molecule has 2 atom stereocenters. The molecule has 0 radical (unpaired) electrons. The molecule has 19 N–H and O–H groups in total. The number of amides is 3. The van der Waals surface area contributed by atoms with Crippen LogP contribution in [0.4, 0.5) is 4.48 Å². The van der Waals surface area contributed by atoms with Crippen LogP contribution in [-0.2, 0) is 61.8 Å². The molecular formula is C51H104FN11O15. The number of hydrogen-bond acceptors (Lipinski definition) is 23. The van der Waals surface area contributed by atoms with Gasteiger partial charge >= 0.3 is 0 Å². The topological polar surface area (TPSA) is 405 Å². The Morgan fingerprint density at radius 1 is 0.628 bits per heavy atom. The molecule has 0 spiro atoms. The number of hydrazine groups is 1. The van der Waals surface area contributed by atoms with Gasteiger partial charge in [0, 0.05) is 90.4 Å². The maximum absolute atomic E-state index is 12.6. The predicted octanol–water partition coefficient (Wildman–Crippen LogP) is -0.358. The van der Waals surface area contributed by atoms with E-state index in [-0.39, 0.29) is 80.4 Å². The van der Waals surface area contributed by atoms with E-state index in [0.717, 1.165) is 50.8 Å². The van der Waals surface area contributed by atoms with Gasteiger partial charge in [-0.25, -0.2) is 5.84 Å². The Hall–Kier alpha value is -4.20. The lowest BCUT2D eigenvalue weighted by Gasteiger charge is -2.29. The second kappa shape index (κ2) is 54.7. The third-order valence-corrected chi connectivity index (χ3v) is 11.0. The Kier molecular flexibility index (Phi) is 53.2. The molecule has 1 aliphatic carbocycles. The molecule has 0 aromatic rings. The van der Waals surface area contributed by atoms with Crippen LogP contribution >= 0.6 is 0 Å². The molecule has 27 heteroatoms. The number of ether oxygens (including phenoxy) is 10. The first-order chi connectivity index (χ1) is 37.6. The first-order valence-electron chi connectivity index (χ1n) is 27.2. The van der Waals surface area contributed by atoms with Crippen molar-refractivity contribution in [3.63, 3.8) is 0 Å². The van der Waals surface area contributed by atoms with E-state index in [4.69, 9.17) is 92.0 Å². The highest BCUT2D eigenvalue weighted by Gasteiger charge is 2.28. The van der Waals surface area contributed by atoms with Crippen LogP contribution < -0.4 is 56.2 Å². The molecule has 460 valence electrons. The lowest BCUT2D eigenvalue weighted by Crippen LogP contribution is -2.44. The van der Waals surface area contributed by atoms with Gasteiger partial charge in [-0.05, 0) is 57.3 Å². The van der Waals surface area contributed by atoms with Crippen LogP contribution in [0.1, 0.15) is 97.3 Å². The van der Waals surface area contributed by atoms with E-state index < -0.39 is 11.6 Å². The number of nitrogens with two attached hydrogens (primary N) is 7. The van der Waals surface area contributed by atoms with Gasteiger partial charge in [-0.15, -0.1) is 5.23 Å². The average molecular weight is 1130 g/mol. The van der Waals surface area contributed by atoms with Crippen molar-refractivity contribution in [1.82, 2.24) is 21.2 Å². The van der Waals surface area contributed by atoms with Crippen molar-refractivity contribution in [2.24, 2.45) is 46.2 Å². The minimum absolute atomic E-state index is 0.0683. The maximum Gasteiger partial charge on any atom is 0.220 e. The SMILES string of the molecule is CCCOC.CCCOC/C(N)=C\N(N)F.N/C=C(\N)COCCOCCOCCNC(=O)CCC(N)(CCC(=O)NCCOCCOCCOC/C(N)=C/N)CCC(=O)NCCOCCC1CC1.OCC1OCCCC1O. The molecule has 78 heavy (non-hydrogen) atoms. The summed E-state index contributed by atoms with van der Waals surface area (Å²) in [6.45, 7) is 12.8. The van der Waals surface area contributed by atoms with E-state index >= 15 is 0 Å². The van der Waals surface area contributed by atoms with Gasteiger partial charge in [0.2, 0.25) is 17.7 Å². The van der Waals surface area contributed by atoms with E-state index in [1.165, 1.54) is 25.2 Å². The van der Waals surface area contributed by atoms with Crippen molar-refractivity contribution >= 4 is 17.7 Å². The number of nitrogens with zero attached hydrogens (tertiary/aromatic N) is 1. The number of aliphatic hydroxyl groups excluding tert-OH is 2. The van der Waals surface area contributed by atoms with Crippen LogP contribution in [0.5, 0.6) is 0 Å². The normalized spacial score (nSPS) is 16.3. The number of carbonyl (C=O) groups is 3. The Morgan fingerprint density at radius 2 is 1.03 bits per heavy atom. The highest BCUT2D eigenvalue weighted by molar-refractivity contribution is 5.77. The second-order valence-corrected chi connectivity index (χ2v) is 18.2. The summed E-state index contributed by atoms with van der Waals surface area (Å²) in [4.78, 5) is 37.8. The first-order valence-corrected chi connectivity index (χ1v) is 27.2. The fourth-order valence-electron chi connectivity index (χ4n) is 6.36. The lowest BCUT2D eigenvalue weighted by molar-refractivity contribution is -0.121. The first kappa shape index (κ1) is 75.9. The van der Waals surface area contributed by atoms with Gasteiger partial charge in [-0.1, -0.05) is 31.2 Å². The summed E-state index contributed by atoms with van der Waals surface area (Å²) in [5.41, 5.74) is 33.9. The molecule has 2 aliphatic rings. The van der Waals surface area contributed by atoms with Gasteiger partial charge in [-0.2, -0.15) is 0 Å². The molecule has 2 rings (SSSR count). The Morgan fingerprint density at radius 3 is 1.37 bits per heavy atom. The number of aliphatic hydroxyl groups is 2. The third-order valence-electron chi connectivity index (χ3n) is 11.0. The molecule has 3 amide bonds. The van der Waals surface area contributed by atoms with E-state index in [9.17, 15) is 18.9 Å². The number of carbonyl (C=O) groups excluding carboxylic acids is 3. The van der Waals surface area contributed by atoms with Gasteiger partial charge in [0.1, 0.15) is 6.10 Å². The maximum atomic E-state index is 12.6. The van der Waals surface area contributed by atoms with Crippen LogP contribution in [0.2, 0.25) is 0 Å². The van der Waals surface area contributed by atoms with Crippen molar-refractivity contribution in [1.29, 1.82) is 0 Å². The van der Waals surface area contributed by atoms with Crippen LogP contribution in [0.15, 0.2) is 35.7 Å². The molecule has 1 heterocycles. The summed E-state index contributed by atoms with van der Waals surface area (Å²) in [5.74, 6) is 4.92. The Bertz CT molecular complexity index is 1470. The van der Waals surface area contributed by atoms with Crippen LogP contribution in [0.3, 0.4) is 0 Å². The molecule has 0 bridgehead atoms. The second-order valence-electron chi connectivity index (χ2n) is 18.2. The smallest absolute Gasteiger partial charge is 0.220 e. The fraction of sp³-hybridized carbons (Fsp3) is 0.824. The lowest BCUT2D eigenvalue weighted by atomic mass is 9.84. The van der Waals surface area contributed by atoms with Gasteiger partial charge in [0.25, 0.3) is 0 Å². The molecule has 1 saturated heterocycles. The van der Waals surface area contributed by atoms with Gasteiger partial charge < -0.3 is 108 Å². The van der Waals surface area contributed by atoms with E-state index in [0.29, 0.717) is 143 Å². The zero-order valence-corrected chi connectivity index (χ0v) is 47.3. The molecule has 0 aromatic carbocycles. The Labute approximate surface area is 463 Å². The monoisotopic (exact) mass is 1130 g/mol. The van der Waals surface area contributed by atoms with Gasteiger partial charge in [0.15, 0.2) is 0 Å². The summed E-state index contributed by atoms with van der Waals surface area (Å²) in [7, 11) is 1.71. The van der Waals surface area contributed by atoms with Crippen LogP contribution in [-0.4, -0.2) is 203 Å². The van der Waals surface area contributed by atoms with Crippen molar-refractivity contribution in [2.45, 2.75) is 115 Å². The van der Waals surface area contributed by atoms with Crippen molar-refractivity contribution in [3.8, 4) is 0 Å². The minimum Gasteiger partial charge on any atom is -0.403 e. The third kappa shape index (κ3) is 53.8. The van der Waals surface area contributed by atoms with Crippen LogP contribution in [0, 0.1) is 5.92 Å². The van der Waals surface area contributed by atoms with E-state index in [1.807, 2.05) is 6.92 Å². The number of rotatable bonds is 45. The Balaban J connectivity index is 0. The number of hydrogen-bond donors (Lipinski definition) is 12. The summed E-state index contributed by atoms with van der Waals surface area (Å²) in [6.07, 6.45) is 11.5. The largest absolute Gasteiger partial charge is 0.403 e. The highest BCUT2D eigenvalue weighted by atomic mass is 19.2. The predicted molar refractivity (Wildman–Crippen MR) is 294 cm³/mol. The minimum atomic E-state index is -0.902. The molecule has 26 nitrogen and oxygen atoms in total. The standard InChI is InChI=1S/C35H68N8O10.C6H14FN3O.C6H12O3.C4H10O/c36-25-30(38)27-52-23-21-50-19-17-48-15-11-42-33(45)4-8-35(40,7-3-32(44)41-10-14-47-13-6-29-1-2-29)9-5-34(46)43-12-16-49-18-20-51-22-24-53-28-31(39)26-37;1-2-3-11-5-6(8)4-10(7)9;7-4-6-5(8)2-1-3-9-6;1-3-4-5-2/h25-26,29H,1-24,27-28,36-40H2,(H,41,44)(H,42,45)(H,43,46);4H,2-3,5,8-9H2,1H3;5-8H,1-4H2;3-4H2,1-2H3/b30-25-,31-26-;6-4+;;. The molecule has 2 unspecified atom stereocenters. The van der Waals surface area contributed by atoms with Crippen LogP contribution in [0.25, 0.3) is 0 Å². The molecular weight excluding hydrogens is 1030 g/mol. The van der Waals surface area contributed by atoms with Crippen molar-refractivity contribution in [2.75, 3.05) is 152 Å². The number of nitrogens with one attached hydrogen (secondary N) is 3. The zero-order valence-electron chi connectivity index (χ0n) is 47.3. The molecule has 1 aliphatic heterocycles. The molecule has 0 aromatic heterocycles. The average Bonchev–Trinajstić information content (AvgIpc) is 4.26. The summed E-state index contributed by atoms with van der Waals surface area (Å²) in [6, 6.07) is 0. The molecule has 1 saturated carbocycles. The van der Waals surface area contributed by atoms with Gasteiger partial charge in [0.05, 0.1) is 128 Å². The zero-order chi connectivity index (χ0) is 58.3. The quantitative estimate of drug-likeness (QED) is 0.0160. The van der Waals surface area contributed by atoms with E-state index in [1.54, 1.807) is 7.11 Å². The van der Waals surface area contributed by atoms with Crippen molar-refractivity contribution in [3.05, 3.63) is 35.7 Å².